The van der Waals surface area contributed by atoms with Crippen LogP contribution in [-0.4, -0.2) is 28.0 Å². The minimum Gasteiger partial charge on any atom is -0.480 e. The molecule has 0 bridgehead atoms. The highest BCUT2D eigenvalue weighted by Gasteiger charge is 2.30. The second kappa shape index (κ2) is 7.67. The maximum absolute atomic E-state index is 12.6. The largest absolute Gasteiger partial charge is 0.480 e. The van der Waals surface area contributed by atoms with Crippen LogP contribution in [0.2, 0.25) is 0 Å². The zero-order valence-electron chi connectivity index (χ0n) is 14.4. The van der Waals surface area contributed by atoms with E-state index < -0.39 is 29.7 Å². The number of para-hydroxylation sites is 1. The van der Waals surface area contributed by atoms with Gasteiger partial charge in [0, 0.05) is 23.1 Å². The Bertz CT molecular complexity index is 1020. The molecule has 0 aliphatic rings. The van der Waals surface area contributed by atoms with Gasteiger partial charge in [0.05, 0.1) is 11.1 Å². The number of benzene rings is 2. The Morgan fingerprint density at radius 3 is 2.32 bits per heavy atom. The van der Waals surface area contributed by atoms with Crippen molar-refractivity contribution in [3.63, 3.8) is 0 Å². The lowest BCUT2D eigenvalue weighted by atomic mass is 10.1. The molecule has 1 amide bonds. The quantitative estimate of drug-likeness (QED) is 0.699. The summed E-state index contributed by atoms with van der Waals surface area (Å²) in [5.41, 5.74) is 0.210. The smallest absolute Gasteiger partial charge is 0.416 e. The van der Waals surface area contributed by atoms with Crippen molar-refractivity contribution in [3.8, 4) is 0 Å². The van der Waals surface area contributed by atoms with Crippen LogP contribution >= 0.6 is 0 Å². The number of fused-ring (bicyclic) bond motifs is 1. The Morgan fingerprint density at radius 2 is 1.68 bits per heavy atom. The average Bonchev–Trinajstić information content (AvgIpc) is 2.66. The molecule has 8 heteroatoms. The Balaban J connectivity index is 1.75. The molecule has 2 N–H and O–H groups in total. The molecular weight excluding hydrogens is 373 g/mol. The van der Waals surface area contributed by atoms with Crippen LogP contribution in [0.3, 0.4) is 0 Å². The fourth-order valence-corrected chi connectivity index (χ4v) is 2.68. The molecule has 0 unspecified atom stereocenters. The van der Waals surface area contributed by atoms with Gasteiger partial charge in [-0.1, -0.05) is 24.3 Å². The maximum Gasteiger partial charge on any atom is 0.416 e. The van der Waals surface area contributed by atoms with Gasteiger partial charge >= 0.3 is 12.1 Å². The molecule has 0 saturated carbocycles. The summed E-state index contributed by atoms with van der Waals surface area (Å²) in [5, 5.41) is 12.6. The second-order valence-electron chi connectivity index (χ2n) is 6.14. The number of amides is 1. The summed E-state index contributed by atoms with van der Waals surface area (Å²) in [7, 11) is 0. The molecule has 3 aromatic rings. The molecule has 144 valence electrons. The average molecular weight is 388 g/mol. The molecule has 0 aliphatic heterocycles. The van der Waals surface area contributed by atoms with Gasteiger partial charge in [-0.05, 0) is 36.4 Å². The van der Waals surface area contributed by atoms with Gasteiger partial charge in [-0.2, -0.15) is 13.2 Å². The summed E-state index contributed by atoms with van der Waals surface area (Å²) >= 11 is 0. The number of alkyl halides is 3. The number of pyridine rings is 1. The SMILES string of the molecule is O=C(N[C@H](Cc1ccc2ccccc2n1)C(=O)O)c1ccc(C(F)(F)F)cc1. The molecule has 5 nitrogen and oxygen atoms in total. The number of aliphatic carboxylic acids is 1. The summed E-state index contributed by atoms with van der Waals surface area (Å²) in [6, 6.07) is 13.1. The maximum atomic E-state index is 12.6. The number of carbonyl (C=O) groups excluding carboxylic acids is 1. The topological polar surface area (TPSA) is 79.3 Å². The second-order valence-corrected chi connectivity index (χ2v) is 6.14. The summed E-state index contributed by atoms with van der Waals surface area (Å²) in [6.07, 6.45) is -4.58. The fraction of sp³-hybridized carbons (Fsp3) is 0.150. The molecule has 1 heterocycles. The normalized spacial score (nSPS) is 12.5. The van der Waals surface area contributed by atoms with Gasteiger partial charge in [0.1, 0.15) is 6.04 Å². The van der Waals surface area contributed by atoms with Gasteiger partial charge in [0.2, 0.25) is 0 Å². The Kier molecular flexibility index (Phi) is 5.30. The predicted molar refractivity (Wildman–Crippen MR) is 95.8 cm³/mol. The Labute approximate surface area is 157 Å². The van der Waals surface area contributed by atoms with Crippen molar-refractivity contribution in [2.75, 3.05) is 0 Å². The van der Waals surface area contributed by atoms with Crippen LogP contribution in [-0.2, 0) is 17.4 Å². The van der Waals surface area contributed by atoms with Crippen LogP contribution in [0.1, 0.15) is 21.6 Å². The summed E-state index contributed by atoms with van der Waals surface area (Å²) in [5.74, 6) is -2.04. The van der Waals surface area contributed by atoms with Crippen molar-refractivity contribution in [3.05, 3.63) is 77.5 Å². The summed E-state index contributed by atoms with van der Waals surface area (Å²) in [4.78, 5) is 28.2. The molecule has 0 fully saturated rings. The zero-order valence-corrected chi connectivity index (χ0v) is 14.4. The number of hydrogen-bond donors (Lipinski definition) is 2. The molecule has 0 aliphatic carbocycles. The van der Waals surface area contributed by atoms with E-state index in [0.29, 0.717) is 11.2 Å². The van der Waals surface area contributed by atoms with Gasteiger partial charge in [-0.25, -0.2) is 4.79 Å². The van der Waals surface area contributed by atoms with E-state index in [1.165, 1.54) is 0 Å². The van der Waals surface area contributed by atoms with Gasteiger partial charge in [-0.3, -0.25) is 9.78 Å². The molecule has 0 saturated heterocycles. The van der Waals surface area contributed by atoms with E-state index in [0.717, 1.165) is 29.7 Å². The first-order valence-corrected chi connectivity index (χ1v) is 8.29. The van der Waals surface area contributed by atoms with E-state index in [9.17, 15) is 27.9 Å². The summed E-state index contributed by atoms with van der Waals surface area (Å²) in [6.45, 7) is 0. The van der Waals surface area contributed by atoms with Crippen LogP contribution in [0.4, 0.5) is 13.2 Å². The lowest BCUT2D eigenvalue weighted by Crippen LogP contribution is -2.42. The van der Waals surface area contributed by atoms with Crippen molar-refractivity contribution in [1.29, 1.82) is 0 Å². The minimum atomic E-state index is -4.51. The molecule has 28 heavy (non-hydrogen) atoms. The Hall–Kier alpha value is -3.42. The number of carboxylic acids is 1. The number of nitrogens with zero attached hydrogens (tertiary/aromatic N) is 1. The number of hydrogen-bond acceptors (Lipinski definition) is 3. The van der Waals surface area contributed by atoms with Crippen molar-refractivity contribution in [2.45, 2.75) is 18.6 Å². The predicted octanol–water partition coefficient (Wildman–Crippen LogP) is 3.68. The van der Waals surface area contributed by atoms with Crippen molar-refractivity contribution < 1.29 is 27.9 Å². The first-order valence-electron chi connectivity index (χ1n) is 8.29. The van der Waals surface area contributed by atoms with Crippen LogP contribution in [0, 0.1) is 0 Å². The highest BCUT2D eigenvalue weighted by molar-refractivity contribution is 5.96. The third kappa shape index (κ3) is 4.46. The standard InChI is InChI=1S/C20H15F3N2O3/c21-20(22,23)14-8-5-13(6-9-14)18(26)25-17(19(27)28)11-15-10-7-12-3-1-2-4-16(12)24-15/h1-10,17H,11H2,(H,25,26)(H,27,28)/t17-/m1/s1. The van der Waals surface area contributed by atoms with Crippen molar-refractivity contribution in [2.24, 2.45) is 0 Å². The van der Waals surface area contributed by atoms with E-state index in [2.05, 4.69) is 10.3 Å². The molecular formula is C20H15F3N2O3. The number of carboxylic acid groups (broad SMARTS) is 1. The van der Waals surface area contributed by atoms with E-state index >= 15 is 0 Å². The lowest BCUT2D eigenvalue weighted by Gasteiger charge is -2.15. The van der Waals surface area contributed by atoms with Crippen molar-refractivity contribution in [1.82, 2.24) is 10.3 Å². The zero-order chi connectivity index (χ0) is 20.3. The van der Waals surface area contributed by atoms with E-state index in [4.69, 9.17) is 0 Å². The molecule has 0 spiro atoms. The van der Waals surface area contributed by atoms with Gasteiger partial charge in [0.25, 0.3) is 5.91 Å². The highest BCUT2D eigenvalue weighted by Crippen LogP contribution is 2.29. The van der Waals surface area contributed by atoms with Gasteiger partial charge < -0.3 is 10.4 Å². The molecule has 2 aromatic carbocycles. The molecule has 3 rings (SSSR count). The first-order chi connectivity index (χ1) is 13.2. The van der Waals surface area contributed by atoms with E-state index in [1.807, 2.05) is 12.1 Å². The van der Waals surface area contributed by atoms with Crippen molar-refractivity contribution >= 4 is 22.8 Å². The summed E-state index contributed by atoms with van der Waals surface area (Å²) < 4.78 is 37.8. The number of halogens is 3. The number of rotatable bonds is 5. The van der Waals surface area contributed by atoms with E-state index in [-0.39, 0.29) is 12.0 Å². The monoisotopic (exact) mass is 388 g/mol. The van der Waals surface area contributed by atoms with Crippen LogP contribution in [0.5, 0.6) is 0 Å². The first kappa shape index (κ1) is 19.3. The van der Waals surface area contributed by atoms with Gasteiger partial charge in [0.15, 0.2) is 0 Å². The lowest BCUT2D eigenvalue weighted by molar-refractivity contribution is -0.139. The fourth-order valence-electron chi connectivity index (χ4n) is 2.68. The van der Waals surface area contributed by atoms with E-state index in [1.54, 1.807) is 24.3 Å². The number of aromatic nitrogens is 1. The number of nitrogens with one attached hydrogen (secondary N) is 1. The number of carbonyl (C=O) groups is 2. The Morgan fingerprint density at radius 1 is 1.00 bits per heavy atom. The minimum absolute atomic E-state index is 0.0630. The molecule has 0 radical (unpaired) electrons. The van der Waals surface area contributed by atoms with Crippen LogP contribution in [0.15, 0.2) is 60.7 Å². The van der Waals surface area contributed by atoms with Crippen LogP contribution in [0.25, 0.3) is 10.9 Å². The third-order valence-electron chi connectivity index (χ3n) is 4.15. The molecule has 1 aromatic heterocycles. The highest BCUT2D eigenvalue weighted by atomic mass is 19.4. The third-order valence-corrected chi connectivity index (χ3v) is 4.15. The van der Waals surface area contributed by atoms with Crippen LogP contribution < -0.4 is 5.32 Å². The van der Waals surface area contributed by atoms with Gasteiger partial charge in [-0.15, -0.1) is 0 Å². The molecule has 1 atom stereocenters.